The van der Waals surface area contributed by atoms with E-state index in [0.717, 1.165) is 0 Å². The highest BCUT2D eigenvalue weighted by Crippen LogP contribution is 2.03. The Hall–Kier alpha value is -1.18. The molecule has 0 aliphatic rings. The molecule has 17 heavy (non-hydrogen) atoms. The van der Waals surface area contributed by atoms with Crippen LogP contribution in [0.3, 0.4) is 0 Å². The first-order valence-electron chi connectivity index (χ1n) is 5.74. The Morgan fingerprint density at radius 1 is 1.00 bits per heavy atom. The summed E-state index contributed by atoms with van der Waals surface area (Å²) in [6.07, 6.45) is 1.22. The van der Waals surface area contributed by atoms with Crippen molar-refractivity contribution in [2.75, 3.05) is 26.2 Å². The summed E-state index contributed by atoms with van der Waals surface area (Å²) < 4.78 is 0. The fourth-order valence-electron chi connectivity index (χ4n) is 1.39. The number of rotatable bonds is 9. The van der Waals surface area contributed by atoms with Gasteiger partial charge in [0.2, 0.25) is 11.8 Å². The molecule has 0 aromatic heterocycles. The summed E-state index contributed by atoms with van der Waals surface area (Å²) in [4.78, 5) is 22.3. The number of carbonyl (C=O) groups is 2. The Balaban J connectivity index is 3.77. The fourth-order valence-corrected chi connectivity index (χ4v) is 1.39. The van der Waals surface area contributed by atoms with E-state index < -0.39 is 5.91 Å². The van der Waals surface area contributed by atoms with E-state index in [1.54, 1.807) is 0 Å². The lowest BCUT2D eigenvalue weighted by Crippen LogP contribution is -2.40. The number of primary amides is 1. The maximum Gasteiger partial charge on any atom is 0.225 e. The lowest BCUT2D eigenvalue weighted by Gasteiger charge is -2.14. The first kappa shape index (κ1) is 15.8. The molecule has 0 spiro atoms. The second-order valence-corrected chi connectivity index (χ2v) is 3.94. The Morgan fingerprint density at radius 2 is 1.53 bits per heavy atom. The zero-order valence-electron chi connectivity index (χ0n) is 10.0. The predicted octanol–water partition coefficient (Wildman–Crippen LogP) is -2.52. The molecule has 0 bridgehead atoms. The SMILES string of the molecule is NCC(CCCNC(=O)C(CN)CN)C(N)=O. The summed E-state index contributed by atoms with van der Waals surface area (Å²) in [6.45, 7) is 1.17. The number of hydrogen-bond donors (Lipinski definition) is 5. The van der Waals surface area contributed by atoms with E-state index in [0.29, 0.717) is 19.4 Å². The van der Waals surface area contributed by atoms with Crippen LogP contribution in [-0.4, -0.2) is 38.0 Å². The van der Waals surface area contributed by atoms with Gasteiger partial charge in [0.25, 0.3) is 0 Å². The van der Waals surface area contributed by atoms with Crippen molar-refractivity contribution in [3.63, 3.8) is 0 Å². The summed E-state index contributed by atoms with van der Waals surface area (Å²) in [7, 11) is 0. The van der Waals surface area contributed by atoms with Gasteiger partial charge in [-0.3, -0.25) is 9.59 Å². The first-order valence-corrected chi connectivity index (χ1v) is 5.74. The van der Waals surface area contributed by atoms with Gasteiger partial charge >= 0.3 is 0 Å². The molecule has 9 N–H and O–H groups in total. The molecule has 0 aromatic rings. The molecule has 0 rings (SSSR count). The molecular formula is C10H23N5O2. The van der Waals surface area contributed by atoms with Crippen LogP contribution in [-0.2, 0) is 9.59 Å². The third-order valence-electron chi connectivity index (χ3n) is 2.66. The number of carbonyl (C=O) groups excluding carboxylic acids is 2. The van der Waals surface area contributed by atoms with Gasteiger partial charge in [-0.2, -0.15) is 0 Å². The summed E-state index contributed by atoms with van der Waals surface area (Å²) in [5.41, 5.74) is 21.3. The molecule has 0 aromatic carbocycles. The third-order valence-corrected chi connectivity index (χ3v) is 2.66. The van der Waals surface area contributed by atoms with E-state index in [9.17, 15) is 9.59 Å². The summed E-state index contributed by atoms with van der Waals surface area (Å²) in [5, 5.41) is 2.71. The van der Waals surface area contributed by atoms with Gasteiger partial charge < -0.3 is 28.3 Å². The zero-order chi connectivity index (χ0) is 13.3. The third kappa shape index (κ3) is 6.20. The molecule has 1 atom stereocenters. The normalized spacial score (nSPS) is 12.5. The van der Waals surface area contributed by atoms with Gasteiger partial charge in [0.05, 0.1) is 5.92 Å². The Kier molecular flexibility index (Phi) is 8.29. The van der Waals surface area contributed by atoms with Crippen LogP contribution >= 0.6 is 0 Å². The Labute approximate surface area is 101 Å². The average molecular weight is 245 g/mol. The lowest BCUT2D eigenvalue weighted by atomic mass is 10.0. The van der Waals surface area contributed by atoms with E-state index in [2.05, 4.69) is 5.32 Å². The van der Waals surface area contributed by atoms with Crippen LogP contribution < -0.4 is 28.3 Å². The molecule has 0 saturated heterocycles. The maximum atomic E-state index is 11.5. The van der Waals surface area contributed by atoms with E-state index in [-0.39, 0.29) is 37.4 Å². The minimum absolute atomic E-state index is 0.154. The van der Waals surface area contributed by atoms with Crippen LogP contribution in [0.25, 0.3) is 0 Å². The van der Waals surface area contributed by atoms with Crippen molar-refractivity contribution in [2.24, 2.45) is 34.8 Å². The zero-order valence-corrected chi connectivity index (χ0v) is 10.0. The van der Waals surface area contributed by atoms with E-state index >= 15 is 0 Å². The van der Waals surface area contributed by atoms with Crippen molar-refractivity contribution in [1.82, 2.24) is 5.32 Å². The van der Waals surface area contributed by atoms with Gasteiger partial charge in [-0.1, -0.05) is 0 Å². The number of hydrogen-bond acceptors (Lipinski definition) is 5. The van der Waals surface area contributed by atoms with Crippen molar-refractivity contribution < 1.29 is 9.59 Å². The van der Waals surface area contributed by atoms with E-state index in [4.69, 9.17) is 22.9 Å². The molecule has 0 fully saturated rings. The quantitative estimate of drug-likeness (QED) is 0.284. The van der Waals surface area contributed by atoms with Gasteiger partial charge in [-0.05, 0) is 12.8 Å². The molecule has 1 unspecified atom stereocenters. The van der Waals surface area contributed by atoms with Crippen LogP contribution in [0.5, 0.6) is 0 Å². The highest BCUT2D eigenvalue weighted by molar-refractivity contribution is 5.79. The monoisotopic (exact) mass is 245 g/mol. The molecule has 0 radical (unpaired) electrons. The largest absolute Gasteiger partial charge is 0.369 e. The van der Waals surface area contributed by atoms with Crippen molar-refractivity contribution in [2.45, 2.75) is 12.8 Å². The van der Waals surface area contributed by atoms with Crippen LogP contribution in [0.15, 0.2) is 0 Å². The van der Waals surface area contributed by atoms with Crippen LogP contribution in [0.4, 0.5) is 0 Å². The molecular weight excluding hydrogens is 222 g/mol. The van der Waals surface area contributed by atoms with Gasteiger partial charge in [-0.15, -0.1) is 0 Å². The van der Waals surface area contributed by atoms with Crippen molar-refractivity contribution >= 4 is 11.8 Å². The van der Waals surface area contributed by atoms with Gasteiger partial charge in [0.1, 0.15) is 0 Å². The molecule has 0 aliphatic carbocycles. The van der Waals surface area contributed by atoms with E-state index in [1.807, 2.05) is 0 Å². The lowest BCUT2D eigenvalue weighted by molar-refractivity contribution is -0.124. The smallest absolute Gasteiger partial charge is 0.225 e. The van der Waals surface area contributed by atoms with Crippen molar-refractivity contribution in [3.05, 3.63) is 0 Å². The first-order chi connectivity index (χ1) is 8.06. The van der Waals surface area contributed by atoms with E-state index in [1.165, 1.54) is 0 Å². The fraction of sp³-hybridized carbons (Fsp3) is 0.800. The highest BCUT2D eigenvalue weighted by Gasteiger charge is 2.15. The van der Waals surface area contributed by atoms with Crippen molar-refractivity contribution in [1.29, 1.82) is 0 Å². The predicted molar refractivity (Wildman–Crippen MR) is 65.6 cm³/mol. The number of nitrogens with two attached hydrogens (primary N) is 4. The molecule has 0 heterocycles. The number of nitrogens with one attached hydrogen (secondary N) is 1. The van der Waals surface area contributed by atoms with Gasteiger partial charge in [-0.25, -0.2) is 0 Å². The average Bonchev–Trinajstić information content (AvgIpc) is 2.30. The second kappa shape index (κ2) is 8.91. The molecule has 2 amide bonds. The molecule has 7 heteroatoms. The minimum Gasteiger partial charge on any atom is -0.369 e. The Bertz CT molecular complexity index is 243. The van der Waals surface area contributed by atoms with Crippen molar-refractivity contribution in [3.8, 4) is 0 Å². The second-order valence-electron chi connectivity index (χ2n) is 3.94. The summed E-state index contributed by atoms with van der Waals surface area (Å²) >= 11 is 0. The highest BCUT2D eigenvalue weighted by atomic mass is 16.2. The molecule has 7 nitrogen and oxygen atoms in total. The van der Waals surface area contributed by atoms with Crippen LogP contribution in [0.2, 0.25) is 0 Å². The molecule has 100 valence electrons. The summed E-state index contributed by atoms with van der Waals surface area (Å²) in [5.74, 6) is -1.23. The van der Waals surface area contributed by atoms with Crippen LogP contribution in [0, 0.1) is 11.8 Å². The standard InChI is InChI=1S/C10H23N5O2/c11-4-7(9(14)16)2-1-3-15-10(17)8(5-12)6-13/h7-8H,1-6,11-13H2,(H2,14,16)(H,15,17). The van der Waals surface area contributed by atoms with Gasteiger partial charge in [0.15, 0.2) is 0 Å². The molecule has 0 saturated carbocycles. The molecule has 0 aliphatic heterocycles. The van der Waals surface area contributed by atoms with Crippen LogP contribution in [0.1, 0.15) is 12.8 Å². The maximum absolute atomic E-state index is 11.5. The van der Waals surface area contributed by atoms with Gasteiger partial charge in [0, 0.05) is 32.1 Å². The topological polar surface area (TPSA) is 150 Å². The Morgan fingerprint density at radius 3 is 1.94 bits per heavy atom. The minimum atomic E-state index is -0.402. The summed E-state index contributed by atoms with van der Waals surface area (Å²) in [6, 6.07) is 0. The number of amides is 2.